The van der Waals surface area contributed by atoms with Gasteiger partial charge in [0.15, 0.2) is 0 Å². The summed E-state index contributed by atoms with van der Waals surface area (Å²) in [7, 11) is 0. The van der Waals surface area contributed by atoms with E-state index in [0.717, 1.165) is 33.3 Å². The van der Waals surface area contributed by atoms with Crippen LogP contribution in [0.3, 0.4) is 0 Å². The van der Waals surface area contributed by atoms with Crippen LogP contribution in [0.15, 0.2) is 72.8 Å². The van der Waals surface area contributed by atoms with Crippen LogP contribution in [0.2, 0.25) is 0 Å². The molecule has 0 saturated heterocycles. The van der Waals surface area contributed by atoms with Crippen molar-refractivity contribution in [1.82, 2.24) is 0 Å². The van der Waals surface area contributed by atoms with Crippen molar-refractivity contribution in [3.05, 3.63) is 94.4 Å². The molecule has 0 spiro atoms. The monoisotopic (exact) mass is 470 g/mol. The molecule has 0 aliphatic carbocycles. The Hall–Kier alpha value is -3.16. The summed E-state index contributed by atoms with van der Waals surface area (Å²) in [6.45, 7) is 3.51. The number of carbonyl (C=O) groups excluding carboxylic acids is 1. The van der Waals surface area contributed by atoms with Crippen molar-refractivity contribution in [2.45, 2.75) is 25.6 Å². The highest BCUT2D eigenvalue weighted by molar-refractivity contribution is 7.19. The van der Waals surface area contributed by atoms with Gasteiger partial charge in [0.1, 0.15) is 5.60 Å². The molecule has 0 aliphatic rings. The number of carbonyl (C=O) groups is 1. The van der Waals surface area contributed by atoms with Gasteiger partial charge in [-0.05, 0) is 66.3 Å². The number of halogens is 3. The Kier molecular flexibility index (Phi) is 6.03. The van der Waals surface area contributed by atoms with Gasteiger partial charge in [-0.1, -0.05) is 42.5 Å². The first-order valence-corrected chi connectivity index (χ1v) is 11.1. The SMILES string of the molecule is CCOC(=O)c1cccc(-c2cccc3cc(C(C)(O)c4cccc(C(F)(F)F)c4)sc23)c1. The van der Waals surface area contributed by atoms with Gasteiger partial charge in [0.05, 0.1) is 17.7 Å². The van der Waals surface area contributed by atoms with Crippen molar-refractivity contribution in [1.29, 1.82) is 0 Å². The molecule has 4 aromatic rings. The Morgan fingerprint density at radius 1 is 0.970 bits per heavy atom. The number of alkyl halides is 3. The minimum atomic E-state index is -4.50. The van der Waals surface area contributed by atoms with Crippen molar-refractivity contribution in [2.75, 3.05) is 6.61 Å². The zero-order valence-electron chi connectivity index (χ0n) is 17.9. The number of aliphatic hydroxyl groups is 1. The maximum atomic E-state index is 13.2. The zero-order chi connectivity index (χ0) is 23.8. The fraction of sp³-hybridized carbons (Fsp3) is 0.192. The van der Waals surface area contributed by atoms with Gasteiger partial charge in [-0.3, -0.25) is 0 Å². The molecule has 0 aliphatic heterocycles. The fourth-order valence-electron chi connectivity index (χ4n) is 3.70. The van der Waals surface area contributed by atoms with Crippen LogP contribution in [-0.2, 0) is 16.5 Å². The van der Waals surface area contributed by atoms with Gasteiger partial charge in [0.25, 0.3) is 0 Å². The van der Waals surface area contributed by atoms with Crippen LogP contribution >= 0.6 is 11.3 Å². The number of thiophene rings is 1. The van der Waals surface area contributed by atoms with Crippen LogP contribution < -0.4 is 0 Å². The molecule has 0 amide bonds. The first-order valence-electron chi connectivity index (χ1n) is 10.3. The Morgan fingerprint density at radius 3 is 2.39 bits per heavy atom. The molecule has 0 radical (unpaired) electrons. The zero-order valence-corrected chi connectivity index (χ0v) is 18.8. The Bertz CT molecular complexity index is 1320. The van der Waals surface area contributed by atoms with E-state index in [0.29, 0.717) is 10.4 Å². The van der Waals surface area contributed by atoms with Crippen molar-refractivity contribution >= 4 is 27.4 Å². The summed E-state index contributed by atoms with van der Waals surface area (Å²) in [5.41, 5.74) is -0.172. The second-order valence-electron chi connectivity index (χ2n) is 7.79. The molecule has 1 heterocycles. The lowest BCUT2D eigenvalue weighted by Gasteiger charge is -2.23. The molecule has 3 aromatic carbocycles. The topological polar surface area (TPSA) is 46.5 Å². The molecule has 0 bridgehead atoms. The molecule has 3 nitrogen and oxygen atoms in total. The predicted molar refractivity (Wildman–Crippen MR) is 123 cm³/mol. The van der Waals surface area contributed by atoms with E-state index in [4.69, 9.17) is 4.74 Å². The van der Waals surface area contributed by atoms with Crippen LogP contribution in [-0.4, -0.2) is 17.7 Å². The standard InChI is InChI=1S/C26H21F3O3S/c1-3-32-24(30)18-9-4-7-16(13-18)21-12-5-8-17-14-22(33-23(17)21)25(2,31)19-10-6-11-20(15-19)26(27,28)29/h4-15,31H,3H2,1-2H3. The predicted octanol–water partition coefficient (Wildman–Crippen LogP) is 7.02. The summed E-state index contributed by atoms with van der Waals surface area (Å²) in [5, 5.41) is 12.1. The van der Waals surface area contributed by atoms with E-state index < -0.39 is 23.3 Å². The average molecular weight is 471 g/mol. The third-order valence-electron chi connectivity index (χ3n) is 5.46. The molecule has 1 aromatic heterocycles. The largest absolute Gasteiger partial charge is 0.462 e. The number of hydrogen-bond donors (Lipinski definition) is 1. The van der Waals surface area contributed by atoms with E-state index in [2.05, 4.69) is 0 Å². The second kappa shape index (κ2) is 8.65. The van der Waals surface area contributed by atoms with E-state index in [1.165, 1.54) is 30.4 Å². The Labute approximate surface area is 193 Å². The summed E-state index contributed by atoms with van der Waals surface area (Å²) in [5.74, 6) is -0.411. The molecule has 170 valence electrons. The molecule has 1 atom stereocenters. The van der Waals surface area contributed by atoms with Crippen molar-refractivity contribution in [2.24, 2.45) is 0 Å². The first-order chi connectivity index (χ1) is 15.6. The van der Waals surface area contributed by atoms with Gasteiger partial charge in [0.2, 0.25) is 0 Å². The van der Waals surface area contributed by atoms with Crippen molar-refractivity contribution in [3.63, 3.8) is 0 Å². The number of benzene rings is 3. The highest BCUT2D eigenvalue weighted by atomic mass is 32.1. The quantitative estimate of drug-likeness (QED) is 0.319. The molecule has 33 heavy (non-hydrogen) atoms. The lowest BCUT2D eigenvalue weighted by molar-refractivity contribution is -0.137. The summed E-state index contributed by atoms with van der Waals surface area (Å²) < 4.78 is 45.5. The highest BCUT2D eigenvalue weighted by Crippen LogP contribution is 2.42. The summed E-state index contributed by atoms with van der Waals surface area (Å²) >= 11 is 1.31. The van der Waals surface area contributed by atoms with Gasteiger partial charge >= 0.3 is 12.1 Å². The number of esters is 1. The Balaban J connectivity index is 1.79. The molecule has 0 saturated carbocycles. The minimum absolute atomic E-state index is 0.162. The number of ether oxygens (including phenoxy) is 1. The van der Waals surface area contributed by atoms with Gasteiger partial charge in [-0.15, -0.1) is 11.3 Å². The van der Waals surface area contributed by atoms with Crippen LogP contribution in [0.5, 0.6) is 0 Å². The lowest BCUT2D eigenvalue weighted by Crippen LogP contribution is -2.22. The van der Waals surface area contributed by atoms with E-state index in [1.54, 1.807) is 31.2 Å². The van der Waals surface area contributed by atoms with Crippen molar-refractivity contribution in [3.8, 4) is 11.1 Å². The minimum Gasteiger partial charge on any atom is -0.462 e. The van der Waals surface area contributed by atoms with Crippen LogP contribution in [0, 0.1) is 0 Å². The molecule has 0 fully saturated rings. The summed E-state index contributed by atoms with van der Waals surface area (Å²) in [4.78, 5) is 12.7. The lowest BCUT2D eigenvalue weighted by atomic mass is 9.92. The number of rotatable bonds is 5. The summed E-state index contributed by atoms with van der Waals surface area (Å²) in [6.07, 6.45) is -4.50. The third kappa shape index (κ3) is 4.51. The molecule has 1 unspecified atom stereocenters. The maximum absolute atomic E-state index is 13.2. The number of hydrogen-bond acceptors (Lipinski definition) is 4. The van der Waals surface area contributed by atoms with E-state index in [-0.39, 0.29) is 12.2 Å². The van der Waals surface area contributed by atoms with Gasteiger partial charge in [-0.25, -0.2) is 4.79 Å². The van der Waals surface area contributed by atoms with E-state index in [9.17, 15) is 23.1 Å². The highest BCUT2D eigenvalue weighted by Gasteiger charge is 2.34. The molecule has 1 N–H and O–H groups in total. The van der Waals surface area contributed by atoms with Gasteiger partial charge in [-0.2, -0.15) is 13.2 Å². The van der Waals surface area contributed by atoms with Crippen LogP contribution in [0.4, 0.5) is 13.2 Å². The number of fused-ring (bicyclic) bond motifs is 1. The van der Waals surface area contributed by atoms with Crippen LogP contribution in [0.25, 0.3) is 21.2 Å². The first kappa shape index (κ1) is 23.0. The third-order valence-corrected chi connectivity index (χ3v) is 6.86. The Morgan fingerprint density at radius 2 is 1.67 bits per heavy atom. The molecular formula is C26H21F3O3S. The molecular weight excluding hydrogens is 449 g/mol. The molecule has 7 heteroatoms. The normalized spacial score (nSPS) is 13.6. The second-order valence-corrected chi connectivity index (χ2v) is 8.84. The van der Waals surface area contributed by atoms with E-state index >= 15 is 0 Å². The fourth-order valence-corrected chi connectivity index (χ4v) is 4.96. The molecule has 4 rings (SSSR count). The van der Waals surface area contributed by atoms with Crippen molar-refractivity contribution < 1.29 is 27.8 Å². The smallest absolute Gasteiger partial charge is 0.416 e. The average Bonchev–Trinajstić information content (AvgIpc) is 3.24. The maximum Gasteiger partial charge on any atom is 0.416 e. The van der Waals surface area contributed by atoms with Crippen LogP contribution in [0.1, 0.15) is 40.2 Å². The van der Waals surface area contributed by atoms with E-state index in [1.807, 2.05) is 24.3 Å². The van der Waals surface area contributed by atoms with Gasteiger partial charge in [0, 0.05) is 9.58 Å². The summed E-state index contributed by atoms with van der Waals surface area (Å²) in [6, 6.07) is 19.3. The van der Waals surface area contributed by atoms with Gasteiger partial charge < -0.3 is 9.84 Å².